The minimum atomic E-state index is -3.48. The normalized spacial score (nSPS) is 19.5. The standard InChI is InChI=1S/C15H23NO3S/c1-10-8-11(2)13(4)15(12(10)3)20(17,18)16-9-14-6-5-7-19-14/h8,14,16H,5-7,9H2,1-4H3/t14-/m1/s1. The Morgan fingerprint density at radius 2 is 1.80 bits per heavy atom. The molecule has 20 heavy (non-hydrogen) atoms. The number of nitrogens with one attached hydrogen (secondary N) is 1. The average molecular weight is 297 g/mol. The van der Waals surface area contributed by atoms with Crippen LogP contribution in [0, 0.1) is 27.7 Å². The smallest absolute Gasteiger partial charge is 0.241 e. The van der Waals surface area contributed by atoms with Crippen LogP contribution < -0.4 is 4.72 Å². The molecule has 5 heteroatoms. The number of hydrogen-bond donors (Lipinski definition) is 1. The van der Waals surface area contributed by atoms with Crippen LogP contribution in [0.1, 0.15) is 35.1 Å². The number of ether oxygens (including phenoxy) is 1. The van der Waals surface area contributed by atoms with Gasteiger partial charge >= 0.3 is 0 Å². The molecule has 1 aliphatic rings. The van der Waals surface area contributed by atoms with Gasteiger partial charge < -0.3 is 4.74 Å². The lowest BCUT2D eigenvalue weighted by atomic mass is 10.0. The highest BCUT2D eigenvalue weighted by Gasteiger charge is 2.24. The molecule has 0 aliphatic carbocycles. The first kappa shape index (κ1) is 15.5. The topological polar surface area (TPSA) is 55.4 Å². The van der Waals surface area contributed by atoms with Gasteiger partial charge in [0.25, 0.3) is 0 Å². The molecule has 2 rings (SSSR count). The summed E-state index contributed by atoms with van der Waals surface area (Å²) in [6, 6.07) is 2.03. The summed E-state index contributed by atoms with van der Waals surface area (Å²) in [5, 5.41) is 0. The quantitative estimate of drug-likeness (QED) is 0.928. The fourth-order valence-electron chi connectivity index (χ4n) is 2.66. The first-order valence-electron chi connectivity index (χ1n) is 7.01. The molecule has 0 bridgehead atoms. The lowest BCUT2D eigenvalue weighted by molar-refractivity contribution is 0.114. The molecule has 0 unspecified atom stereocenters. The van der Waals surface area contributed by atoms with E-state index < -0.39 is 10.0 Å². The monoisotopic (exact) mass is 297 g/mol. The van der Waals surface area contributed by atoms with Crippen LogP contribution in [-0.2, 0) is 14.8 Å². The van der Waals surface area contributed by atoms with Crippen LogP contribution >= 0.6 is 0 Å². The van der Waals surface area contributed by atoms with E-state index in [0.29, 0.717) is 11.4 Å². The van der Waals surface area contributed by atoms with Crippen molar-refractivity contribution in [1.82, 2.24) is 4.72 Å². The molecule has 1 aromatic carbocycles. The zero-order chi connectivity index (χ0) is 14.9. The Morgan fingerprint density at radius 3 is 2.30 bits per heavy atom. The number of sulfonamides is 1. The number of aryl methyl sites for hydroxylation is 2. The molecule has 0 radical (unpaired) electrons. The van der Waals surface area contributed by atoms with Crippen LogP contribution in [0.15, 0.2) is 11.0 Å². The zero-order valence-electron chi connectivity index (χ0n) is 12.6. The molecule has 4 nitrogen and oxygen atoms in total. The van der Waals surface area contributed by atoms with Gasteiger partial charge in [0.15, 0.2) is 0 Å². The number of rotatable bonds is 4. The first-order valence-corrected chi connectivity index (χ1v) is 8.50. The Morgan fingerprint density at radius 1 is 1.20 bits per heavy atom. The second kappa shape index (κ2) is 5.84. The summed E-state index contributed by atoms with van der Waals surface area (Å²) in [6.07, 6.45) is 1.94. The van der Waals surface area contributed by atoms with E-state index in [1.165, 1.54) is 0 Å². The number of benzene rings is 1. The molecule has 1 aromatic rings. The fraction of sp³-hybridized carbons (Fsp3) is 0.600. The van der Waals surface area contributed by atoms with E-state index in [1.807, 2.05) is 33.8 Å². The molecule has 1 atom stereocenters. The lowest BCUT2D eigenvalue weighted by Crippen LogP contribution is -2.32. The molecule has 1 saturated heterocycles. The van der Waals surface area contributed by atoms with Crippen LogP contribution in [0.3, 0.4) is 0 Å². The summed E-state index contributed by atoms with van der Waals surface area (Å²) in [6.45, 7) is 8.70. The van der Waals surface area contributed by atoms with Crippen LogP contribution in [-0.4, -0.2) is 27.7 Å². The molecule has 0 amide bonds. The summed E-state index contributed by atoms with van der Waals surface area (Å²) < 4.78 is 33.3. The highest BCUT2D eigenvalue weighted by Crippen LogP contribution is 2.26. The van der Waals surface area contributed by atoms with Gasteiger partial charge in [-0.05, 0) is 62.8 Å². The molecule has 1 N–H and O–H groups in total. The Balaban J connectivity index is 2.29. The lowest BCUT2D eigenvalue weighted by Gasteiger charge is -2.17. The predicted molar refractivity (Wildman–Crippen MR) is 79.6 cm³/mol. The van der Waals surface area contributed by atoms with Crippen LogP contribution in [0.2, 0.25) is 0 Å². The Labute approximate surface area is 121 Å². The van der Waals surface area contributed by atoms with Crippen molar-refractivity contribution in [1.29, 1.82) is 0 Å². The third kappa shape index (κ3) is 3.05. The maximum Gasteiger partial charge on any atom is 0.241 e. The highest BCUT2D eigenvalue weighted by molar-refractivity contribution is 7.89. The van der Waals surface area contributed by atoms with Crippen LogP contribution in [0.25, 0.3) is 0 Å². The minimum absolute atomic E-state index is 0.0105. The van der Waals surface area contributed by atoms with Crippen molar-refractivity contribution < 1.29 is 13.2 Å². The van der Waals surface area contributed by atoms with Gasteiger partial charge in [0.05, 0.1) is 11.0 Å². The van der Waals surface area contributed by atoms with Gasteiger partial charge in [0.2, 0.25) is 10.0 Å². The predicted octanol–water partition coefficient (Wildman–Crippen LogP) is 2.38. The molecule has 0 spiro atoms. The molecular formula is C15H23NO3S. The Bertz CT molecular complexity index is 576. The minimum Gasteiger partial charge on any atom is -0.377 e. The van der Waals surface area contributed by atoms with E-state index in [4.69, 9.17) is 4.74 Å². The summed E-state index contributed by atoms with van der Waals surface area (Å²) in [4.78, 5) is 0.424. The largest absolute Gasteiger partial charge is 0.377 e. The third-order valence-corrected chi connectivity index (χ3v) is 5.79. The van der Waals surface area contributed by atoms with Crippen LogP contribution in [0.4, 0.5) is 0 Å². The van der Waals surface area contributed by atoms with Crippen molar-refractivity contribution in [3.8, 4) is 0 Å². The van der Waals surface area contributed by atoms with Crippen LogP contribution in [0.5, 0.6) is 0 Å². The maximum atomic E-state index is 12.6. The molecule has 1 aliphatic heterocycles. The fourth-order valence-corrected chi connectivity index (χ4v) is 4.34. The molecule has 0 saturated carbocycles. The van der Waals surface area contributed by atoms with Crippen molar-refractivity contribution in [2.45, 2.75) is 51.5 Å². The van der Waals surface area contributed by atoms with Gasteiger partial charge in [0.1, 0.15) is 0 Å². The van der Waals surface area contributed by atoms with E-state index in [9.17, 15) is 8.42 Å². The molecule has 0 aromatic heterocycles. The van der Waals surface area contributed by atoms with Crippen molar-refractivity contribution in [2.24, 2.45) is 0 Å². The van der Waals surface area contributed by atoms with Crippen molar-refractivity contribution in [3.63, 3.8) is 0 Å². The van der Waals surface area contributed by atoms with Gasteiger partial charge in [-0.25, -0.2) is 13.1 Å². The van der Waals surface area contributed by atoms with Crippen molar-refractivity contribution in [2.75, 3.05) is 13.2 Å². The molecule has 112 valence electrons. The van der Waals surface area contributed by atoms with Gasteiger partial charge in [-0.1, -0.05) is 6.07 Å². The van der Waals surface area contributed by atoms with E-state index in [0.717, 1.165) is 41.7 Å². The molecular weight excluding hydrogens is 274 g/mol. The molecule has 1 heterocycles. The summed E-state index contributed by atoms with van der Waals surface area (Å²) in [7, 11) is -3.48. The van der Waals surface area contributed by atoms with E-state index >= 15 is 0 Å². The highest BCUT2D eigenvalue weighted by atomic mass is 32.2. The van der Waals surface area contributed by atoms with Gasteiger partial charge in [-0.3, -0.25) is 0 Å². The van der Waals surface area contributed by atoms with E-state index in [2.05, 4.69) is 4.72 Å². The first-order chi connectivity index (χ1) is 9.33. The summed E-state index contributed by atoms with van der Waals surface area (Å²) in [5.74, 6) is 0. The Hall–Kier alpha value is -0.910. The van der Waals surface area contributed by atoms with Gasteiger partial charge in [-0.15, -0.1) is 0 Å². The van der Waals surface area contributed by atoms with E-state index in [1.54, 1.807) is 0 Å². The van der Waals surface area contributed by atoms with Crippen molar-refractivity contribution in [3.05, 3.63) is 28.3 Å². The second-order valence-electron chi connectivity index (χ2n) is 5.58. The van der Waals surface area contributed by atoms with Gasteiger partial charge in [0, 0.05) is 13.2 Å². The summed E-state index contributed by atoms with van der Waals surface area (Å²) >= 11 is 0. The second-order valence-corrected chi connectivity index (χ2v) is 7.28. The SMILES string of the molecule is Cc1cc(C)c(C)c(S(=O)(=O)NC[C@H]2CCCO2)c1C. The number of hydrogen-bond acceptors (Lipinski definition) is 3. The van der Waals surface area contributed by atoms with Gasteiger partial charge in [-0.2, -0.15) is 0 Å². The molecule has 1 fully saturated rings. The van der Waals surface area contributed by atoms with Crippen molar-refractivity contribution >= 4 is 10.0 Å². The third-order valence-electron chi connectivity index (χ3n) is 4.09. The average Bonchev–Trinajstić information content (AvgIpc) is 2.87. The Kier molecular flexibility index (Phi) is 4.52. The van der Waals surface area contributed by atoms with E-state index in [-0.39, 0.29) is 6.10 Å². The zero-order valence-corrected chi connectivity index (χ0v) is 13.4. The maximum absolute atomic E-state index is 12.6. The summed E-state index contributed by atoms with van der Waals surface area (Å²) in [5.41, 5.74) is 3.66.